The third kappa shape index (κ3) is 3.68. The minimum atomic E-state index is -0.316. The highest BCUT2D eigenvalue weighted by atomic mass is 79.9. The quantitative estimate of drug-likeness (QED) is 0.629. The molecule has 9 heavy (non-hydrogen) atoms. The smallest absolute Gasteiger partial charge is 0.148 e. The zero-order valence-corrected chi connectivity index (χ0v) is 7.79. The van der Waals surface area contributed by atoms with Gasteiger partial charge >= 0.3 is 0 Å². The van der Waals surface area contributed by atoms with E-state index in [1.165, 1.54) is 0 Å². The molecule has 0 N–H and O–H groups in total. The molecule has 0 aliphatic heterocycles. The molecule has 0 atom stereocenters. The van der Waals surface area contributed by atoms with E-state index < -0.39 is 0 Å². The average molecular weight is 193 g/mol. The van der Waals surface area contributed by atoms with Crippen LogP contribution in [0.3, 0.4) is 0 Å². The van der Waals surface area contributed by atoms with E-state index in [0.29, 0.717) is 6.42 Å². The predicted molar refractivity (Wildman–Crippen MR) is 42.9 cm³/mol. The molecule has 0 aromatic heterocycles. The van der Waals surface area contributed by atoms with Crippen molar-refractivity contribution in [3.8, 4) is 0 Å². The molecule has 54 valence electrons. The molecule has 0 heterocycles. The number of ketones is 1. The van der Waals surface area contributed by atoms with Crippen molar-refractivity contribution >= 4 is 21.7 Å². The molecule has 0 aromatic rings. The lowest BCUT2D eigenvalue weighted by Gasteiger charge is -2.12. The lowest BCUT2D eigenvalue weighted by Crippen LogP contribution is -2.23. The maximum Gasteiger partial charge on any atom is 0.148 e. The SMILES string of the molecule is CCCC(=O)C(C)(C)Br. The molecule has 0 aliphatic rings. The van der Waals surface area contributed by atoms with Gasteiger partial charge in [-0.2, -0.15) is 0 Å². The molecule has 1 nitrogen and oxygen atoms in total. The number of hydrogen-bond acceptors (Lipinski definition) is 1. The van der Waals surface area contributed by atoms with Crippen molar-refractivity contribution in [2.45, 2.75) is 37.9 Å². The van der Waals surface area contributed by atoms with Crippen LogP contribution in [0.5, 0.6) is 0 Å². The fourth-order valence-corrected chi connectivity index (χ4v) is 0.723. The first kappa shape index (κ1) is 9.15. The molecule has 0 saturated heterocycles. The van der Waals surface area contributed by atoms with Gasteiger partial charge in [-0.05, 0) is 20.3 Å². The van der Waals surface area contributed by atoms with Crippen LogP contribution in [-0.2, 0) is 4.79 Å². The van der Waals surface area contributed by atoms with Gasteiger partial charge in [0.05, 0.1) is 4.32 Å². The number of rotatable bonds is 3. The van der Waals surface area contributed by atoms with Crippen LogP contribution in [0.15, 0.2) is 0 Å². The Morgan fingerprint density at radius 2 is 2.00 bits per heavy atom. The largest absolute Gasteiger partial charge is 0.298 e. The lowest BCUT2D eigenvalue weighted by molar-refractivity contribution is -0.120. The standard InChI is InChI=1S/C7H13BrO/c1-4-5-6(9)7(2,3)8/h4-5H2,1-3H3. The molecule has 0 aromatic carbocycles. The van der Waals surface area contributed by atoms with Gasteiger partial charge in [0.15, 0.2) is 0 Å². The van der Waals surface area contributed by atoms with Gasteiger partial charge in [0, 0.05) is 6.42 Å². The van der Waals surface area contributed by atoms with Gasteiger partial charge in [-0.3, -0.25) is 4.79 Å². The maximum absolute atomic E-state index is 11.0. The number of carbonyl (C=O) groups is 1. The van der Waals surface area contributed by atoms with Crippen LogP contribution in [-0.4, -0.2) is 10.1 Å². The summed E-state index contributed by atoms with van der Waals surface area (Å²) in [6, 6.07) is 0. The highest BCUT2D eigenvalue weighted by Gasteiger charge is 2.21. The highest BCUT2D eigenvalue weighted by molar-refractivity contribution is 9.10. The Morgan fingerprint density at radius 3 is 2.11 bits per heavy atom. The topological polar surface area (TPSA) is 17.1 Å². The van der Waals surface area contributed by atoms with E-state index in [2.05, 4.69) is 15.9 Å². The molecular formula is C7H13BrO. The van der Waals surface area contributed by atoms with Gasteiger partial charge in [0.25, 0.3) is 0 Å². The van der Waals surface area contributed by atoms with E-state index in [9.17, 15) is 4.79 Å². The molecule has 0 unspecified atom stereocenters. The molecular weight excluding hydrogens is 180 g/mol. The summed E-state index contributed by atoms with van der Waals surface area (Å²) in [5, 5.41) is 0. The number of halogens is 1. The van der Waals surface area contributed by atoms with Gasteiger partial charge in [0.1, 0.15) is 5.78 Å². The van der Waals surface area contributed by atoms with E-state index in [0.717, 1.165) is 6.42 Å². The van der Waals surface area contributed by atoms with Crippen LogP contribution in [0.2, 0.25) is 0 Å². The summed E-state index contributed by atoms with van der Waals surface area (Å²) in [6.45, 7) is 5.77. The minimum absolute atomic E-state index is 0.282. The van der Waals surface area contributed by atoms with Crippen molar-refractivity contribution in [2.24, 2.45) is 0 Å². The maximum atomic E-state index is 11.0. The summed E-state index contributed by atoms with van der Waals surface area (Å²) in [5.41, 5.74) is 0. The second-order valence-electron chi connectivity index (χ2n) is 2.65. The Morgan fingerprint density at radius 1 is 1.56 bits per heavy atom. The molecule has 0 aliphatic carbocycles. The Kier molecular flexibility index (Phi) is 3.41. The van der Waals surface area contributed by atoms with Crippen LogP contribution in [0, 0.1) is 0 Å². The zero-order valence-electron chi connectivity index (χ0n) is 6.20. The third-order valence-corrected chi connectivity index (χ3v) is 1.58. The summed E-state index contributed by atoms with van der Waals surface area (Å²) >= 11 is 3.30. The van der Waals surface area contributed by atoms with Crippen LogP contribution in [0.1, 0.15) is 33.6 Å². The minimum Gasteiger partial charge on any atom is -0.298 e. The number of carbonyl (C=O) groups excluding carboxylic acids is 1. The Bertz CT molecular complexity index is 102. The second kappa shape index (κ2) is 3.35. The normalized spacial score (nSPS) is 11.6. The molecule has 0 rings (SSSR count). The number of alkyl halides is 1. The van der Waals surface area contributed by atoms with Crippen LogP contribution >= 0.6 is 15.9 Å². The van der Waals surface area contributed by atoms with E-state index >= 15 is 0 Å². The van der Waals surface area contributed by atoms with E-state index in [4.69, 9.17) is 0 Å². The first-order valence-electron chi connectivity index (χ1n) is 3.20. The van der Waals surface area contributed by atoms with E-state index in [-0.39, 0.29) is 10.1 Å². The molecule has 0 spiro atoms. The summed E-state index contributed by atoms with van der Waals surface area (Å²) in [4.78, 5) is 11.0. The van der Waals surface area contributed by atoms with Gasteiger partial charge < -0.3 is 0 Å². The van der Waals surface area contributed by atoms with Crippen molar-refractivity contribution < 1.29 is 4.79 Å². The fraction of sp³-hybridized carbons (Fsp3) is 0.857. The van der Waals surface area contributed by atoms with Gasteiger partial charge in [-0.25, -0.2) is 0 Å². The Hall–Kier alpha value is 0.150. The van der Waals surface area contributed by atoms with Gasteiger partial charge in [-0.15, -0.1) is 0 Å². The molecule has 0 amide bonds. The van der Waals surface area contributed by atoms with Crippen molar-refractivity contribution in [3.63, 3.8) is 0 Å². The van der Waals surface area contributed by atoms with Crippen LogP contribution < -0.4 is 0 Å². The highest BCUT2D eigenvalue weighted by Crippen LogP contribution is 2.19. The molecule has 0 fully saturated rings. The Labute approximate surface area is 65.0 Å². The summed E-state index contributed by atoms with van der Waals surface area (Å²) in [6.07, 6.45) is 1.62. The Balaban J connectivity index is 3.74. The molecule has 0 radical (unpaired) electrons. The van der Waals surface area contributed by atoms with Crippen LogP contribution in [0.25, 0.3) is 0 Å². The zero-order chi connectivity index (χ0) is 7.49. The molecule has 0 saturated carbocycles. The van der Waals surface area contributed by atoms with Gasteiger partial charge in [0.2, 0.25) is 0 Å². The van der Waals surface area contributed by atoms with Crippen LogP contribution in [0.4, 0.5) is 0 Å². The first-order valence-corrected chi connectivity index (χ1v) is 4.00. The van der Waals surface area contributed by atoms with Crippen molar-refractivity contribution in [3.05, 3.63) is 0 Å². The summed E-state index contributed by atoms with van der Waals surface area (Å²) < 4.78 is -0.316. The first-order chi connectivity index (χ1) is 3.98. The molecule has 2 heteroatoms. The van der Waals surface area contributed by atoms with E-state index in [1.807, 2.05) is 20.8 Å². The number of Topliss-reactive ketones (excluding diaryl/α,β-unsaturated/α-hetero) is 1. The molecule has 0 bridgehead atoms. The third-order valence-electron chi connectivity index (χ3n) is 1.14. The summed E-state index contributed by atoms with van der Waals surface area (Å²) in [7, 11) is 0. The van der Waals surface area contributed by atoms with Crippen molar-refractivity contribution in [1.29, 1.82) is 0 Å². The monoisotopic (exact) mass is 192 g/mol. The van der Waals surface area contributed by atoms with Crippen molar-refractivity contribution in [2.75, 3.05) is 0 Å². The lowest BCUT2D eigenvalue weighted by atomic mass is 10.1. The summed E-state index contributed by atoms with van der Waals surface area (Å²) in [5.74, 6) is 0.282. The van der Waals surface area contributed by atoms with Crippen molar-refractivity contribution in [1.82, 2.24) is 0 Å². The van der Waals surface area contributed by atoms with E-state index in [1.54, 1.807) is 0 Å². The predicted octanol–water partition coefficient (Wildman–Crippen LogP) is 2.53. The second-order valence-corrected chi connectivity index (χ2v) is 4.63. The fourth-order valence-electron chi connectivity index (χ4n) is 0.524. The average Bonchev–Trinajstić information content (AvgIpc) is 1.64. The number of hydrogen-bond donors (Lipinski definition) is 0. The van der Waals surface area contributed by atoms with Gasteiger partial charge in [-0.1, -0.05) is 22.9 Å².